The Bertz CT molecular complexity index is 1940. The SMILES string of the molecule is C=CCOC12Oc3ccc(Oc4cccc([N+](=O)[O-])c4)cc3C3C(CCCCO)C(CCCCO)C=C(C(=NOCc4ccccc4)CC1N(C)C(=O)OCCCl)C32. The molecule has 2 aliphatic carbocycles. The molecular formula is C44H52ClN3O10. The predicted octanol–water partition coefficient (Wildman–Crippen LogP) is 8.53. The van der Waals surface area contributed by atoms with Crippen molar-refractivity contribution in [3.05, 3.63) is 118 Å². The molecule has 0 radical (unpaired) electrons. The van der Waals surface area contributed by atoms with E-state index in [1.807, 2.05) is 42.5 Å². The van der Waals surface area contributed by atoms with Crippen LogP contribution in [0, 0.1) is 27.9 Å². The first-order valence-corrected chi connectivity index (χ1v) is 20.4. The third-order valence-electron chi connectivity index (χ3n) is 11.2. The number of allylic oxidation sites excluding steroid dienone is 1. The zero-order chi connectivity index (χ0) is 41.1. The number of alkyl halides is 1. The molecule has 3 aliphatic rings. The lowest BCUT2D eigenvalue weighted by atomic mass is 9.55. The van der Waals surface area contributed by atoms with Crippen LogP contribution in [-0.2, 0) is 20.9 Å². The van der Waals surface area contributed by atoms with E-state index in [-0.39, 0.29) is 68.8 Å². The van der Waals surface area contributed by atoms with E-state index in [2.05, 4.69) is 12.7 Å². The van der Waals surface area contributed by atoms with E-state index in [0.717, 1.165) is 42.4 Å². The molecule has 6 unspecified atom stereocenters. The Balaban J connectivity index is 1.55. The molecule has 0 saturated heterocycles. The Labute approximate surface area is 344 Å². The second-order valence-electron chi connectivity index (χ2n) is 14.8. The maximum atomic E-state index is 13.7. The molecule has 13 nitrogen and oxygen atoms in total. The summed E-state index contributed by atoms with van der Waals surface area (Å²) in [4.78, 5) is 32.4. The zero-order valence-electron chi connectivity index (χ0n) is 32.7. The average molecular weight is 818 g/mol. The van der Waals surface area contributed by atoms with Crippen molar-refractivity contribution in [1.29, 1.82) is 0 Å². The number of aliphatic hydroxyl groups is 2. The number of fused-ring (bicyclic) bond motifs is 2. The molecule has 14 heteroatoms. The fraction of sp³-hybridized carbons (Fsp3) is 0.455. The number of nitro benzene ring substituents is 1. The summed E-state index contributed by atoms with van der Waals surface area (Å²) in [6.07, 6.45) is 7.83. The largest absolute Gasteiger partial charge is 0.459 e. The van der Waals surface area contributed by atoms with Crippen LogP contribution in [0.2, 0.25) is 0 Å². The van der Waals surface area contributed by atoms with Crippen molar-refractivity contribution in [3.63, 3.8) is 0 Å². The number of nitro groups is 1. The number of carbonyl (C=O) groups is 1. The number of halogens is 1. The quantitative estimate of drug-likeness (QED) is 0.0372. The summed E-state index contributed by atoms with van der Waals surface area (Å²) < 4.78 is 25.9. The van der Waals surface area contributed by atoms with E-state index in [4.69, 9.17) is 40.5 Å². The lowest BCUT2D eigenvalue weighted by molar-refractivity contribution is -0.384. The van der Waals surface area contributed by atoms with Crippen molar-refractivity contribution >= 4 is 29.1 Å². The average Bonchev–Trinajstić information content (AvgIpc) is 3.23. The Morgan fingerprint density at radius 3 is 2.53 bits per heavy atom. The molecule has 2 N–H and O–H groups in total. The van der Waals surface area contributed by atoms with Gasteiger partial charge in [0.15, 0.2) is 0 Å². The van der Waals surface area contributed by atoms with Crippen LogP contribution >= 0.6 is 11.6 Å². The number of hydrogen-bond acceptors (Lipinski definition) is 11. The number of unbranched alkanes of at least 4 members (excludes halogenated alkanes) is 2. The van der Waals surface area contributed by atoms with Gasteiger partial charge in [-0.25, -0.2) is 4.79 Å². The number of likely N-dealkylation sites (N-methyl/N-ethyl adjacent to an activating group) is 1. The molecule has 1 amide bonds. The minimum absolute atomic E-state index is 0.00972. The zero-order valence-corrected chi connectivity index (χ0v) is 33.5. The van der Waals surface area contributed by atoms with E-state index in [9.17, 15) is 25.1 Å². The van der Waals surface area contributed by atoms with Crippen LogP contribution in [0.25, 0.3) is 0 Å². The number of nitrogens with zero attached hydrogens (tertiary/aromatic N) is 3. The normalized spacial score (nSPS) is 23.8. The van der Waals surface area contributed by atoms with Crippen molar-refractivity contribution in [1.82, 2.24) is 4.90 Å². The standard InChI is InChI=1S/C44H52ClN3O10/c1-3-23-55-44-40(47(2)43(51)54-24-20-45)28-38(46-56-29-30-12-5-4-6-13-30)36-25-31(14-7-9-21-49)35(17-8-10-22-50)41(42(36)44)37-27-34(18-19-39(37)58-44)57-33-16-11-15-32(26-33)48(52)53/h3-6,11-13,15-16,18-19,25-27,31,35,40-42,49-50H,1,7-10,14,17,20-24,28-29H2,2H3. The molecule has 1 saturated carbocycles. The molecule has 310 valence electrons. The van der Waals surface area contributed by atoms with Crippen molar-refractivity contribution in [2.24, 2.45) is 22.9 Å². The lowest BCUT2D eigenvalue weighted by Crippen LogP contribution is -2.69. The Morgan fingerprint density at radius 1 is 1.05 bits per heavy atom. The minimum Gasteiger partial charge on any atom is -0.459 e. The molecule has 1 heterocycles. The highest BCUT2D eigenvalue weighted by molar-refractivity contribution is 6.18. The smallest absolute Gasteiger partial charge is 0.410 e. The number of ether oxygens (including phenoxy) is 4. The van der Waals surface area contributed by atoms with Gasteiger partial charge in [0.25, 0.3) is 5.69 Å². The van der Waals surface area contributed by atoms with Crippen LogP contribution in [0.5, 0.6) is 17.2 Å². The van der Waals surface area contributed by atoms with Gasteiger partial charge in [0.2, 0.25) is 5.79 Å². The van der Waals surface area contributed by atoms with E-state index in [1.54, 1.807) is 31.3 Å². The van der Waals surface area contributed by atoms with Gasteiger partial charge >= 0.3 is 6.09 Å². The third-order valence-corrected chi connectivity index (χ3v) is 11.4. The fourth-order valence-corrected chi connectivity index (χ4v) is 8.78. The summed E-state index contributed by atoms with van der Waals surface area (Å²) in [6.45, 7) is 4.42. The molecule has 1 fully saturated rings. The van der Waals surface area contributed by atoms with Crippen molar-refractivity contribution in [2.45, 2.75) is 69.3 Å². The third kappa shape index (κ3) is 9.50. The van der Waals surface area contributed by atoms with Crippen LogP contribution in [0.15, 0.2) is 102 Å². The van der Waals surface area contributed by atoms with E-state index < -0.39 is 28.8 Å². The first-order chi connectivity index (χ1) is 28.2. The van der Waals surface area contributed by atoms with Gasteiger partial charge in [-0.3, -0.25) is 10.1 Å². The Hall–Kier alpha value is -4.95. The summed E-state index contributed by atoms with van der Waals surface area (Å²) in [5, 5.41) is 36.1. The molecule has 6 rings (SSSR count). The topological polar surface area (TPSA) is 162 Å². The van der Waals surface area contributed by atoms with Crippen molar-refractivity contribution in [3.8, 4) is 17.2 Å². The number of oxime groups is 1. The first-order valence-electron chi connectivity index (χ1n) is 19.9. The van der Waals surface area contributed by atoms with Crippen LogP contribution in [-0.4, -0.2) is 83.0 Å². The van der Waals surface area contributed by atoms with Gasteiger partial charge in [0, 0.05) is 44.2 Å². The second-order valence-corrected chi connectivity index (χ2v) is 15.2. The molecule has 3 aromatic rings. The number of carbonyl (C=O) groups excluding carboxylic acids is 1. The van der Waals surface area contributed by atoms with Gasteiger partial charge in [0.1, 0.15) is 36.5 Å². The molecule has 6 atom stereocenters. The van der Waals surface area contributed by atoms with Crippen molar-refractivity contribution < 1.29 is 43.7 Å². The van der Waals surface area contributed by atoms with E-state index in [0.29, 0.717) is 35.8 Å². The van der Waals surface area contributed by atoms with Crippen LogP contribution < -0.4 is 9.47 Å². The van der Waals surface area contributed by atoms with Gasteiger partial charge in [-0.1, -0.05) is 66.5 Å². The number of rotatable bonds is 20. The van der Waals surface area contributed by atoms with Crippen LogP contribution in [0.3, 0.4) is 0 Å². The van der Waals surface area contributed by atoms with E-state index >= 15 is 0 Å². The fourth-order valence-electron chi connectivity index (χ4n) is 8.70. The number of aliphatic hydroxyl groups excluding tert-OH is 2. The highest BCUT2D eigenvalue weighted by atomic mass is 35.5. The van der Waals surface area contributed by atoms with Gasteiger partial charge in [-0.2, -0.15) is 0 Å². The number of non-ortho nitro benzene ring substituents is 1. The van der Waals surface area contributed by atoms with Crippen LogP contribution in [0.4, 0.5) is 10.5 Å². The van der Waals surface area contributed by atoms with Gasteiger partial charge in [0.05, 0.1) is 35.1 Å². The van der Waals surface area contributed by atoms with Gasteiger partial charge in [-0.15, -0.1) is 18.2 Å². The van der Waals surface area contributed by atoms with Crippen molar-refractivity contribution in [2.75, 3.05) is 39.4 Å². The van der Waals surface area contributed by atoms with Crippen LogP contribution in [0.1, 0.15) is 62.0 Å². The number of amides is 1. The summed E-state index contributed by atoms with van der Waals surface area (Å²) in [7, 11) is 1.65. The lowest BCUT2D eigenvalue weighted by Gasteiger charge is -2.59. The highest BCUT2D eigenvalue weighted by Crippen LogP contribution is 2.62. The number of hydrogen-bond donors (Lipinski definition) is 2. The Kier molecular flexibility index (Phi) is 14.8. The predicted molar refractivity (Wildman–Crippen MR) is 219 cm³/mol. The maximum Gasteiger partial charge on any atom is 0.410 e. The second kappa shape index (κ2) is 20.1. The van der Waals surface area contributed by atoms with E-state index in [1.165, 1.54) is 17.0 Å². The summed E-state index contributed by atoms with van der Waals surface area (Å²) >= 11 is 5.94. The molecular weight excluding hydrogens is 766 g/mol. The monoisotopic (exact) mass is 817 g/mol. The minimum atomic E-state index is -1.46. The van der Waals surface area contributed by atoms with Gasteiger partial charge in [-0.05, 0) is 72.9 Å². The Morgan fingerprint density at radius 2 is 1.81 bits per heavy atom. The highest BCUT2D eigenvalue weighted by Gasteiger charge is 2.65. The summed E-state index contributed by atoms with van der Waals surface area (Å²) in [6, 6.07) is 20.5. The maximum absolute atomic E-state index is 13.7. The number of benzene rings is 3. The summed E-state index contributed by atoms with van der Waals surface area (Å²) in [5.41, 5.74) is 3.21. The molecule has 58 heavy (non-hydrogen) atoms. The molecule has 0 aromatic heterocycles. The van der Waals surface area contributed by atoms with Gasteiger partial charge < -0.3 is 38.9 Å². The molecule has 1 aliphatic heterocycles. The molecule has 0 bridgehead atoms. The summed E-state index contributed by atoms with van der Waals surface area (Å²) in [5.74, 6) is -0.868. The molecule has 0 spiro atoms. The molecule has 3 aromatic carbocycles. The first kappa shape index (κ1) is 42.7.